The summed E-state index contributed by atoms with van der Waals surface area (Å²) in [5, 5.41) is 11.4. The van der Waals surface area contributed by atoms with E-state index in [1.165, 1.54) is 37.7 Å². The number of carbonyl (C=O) groups is 2. The van der Waals surface area contributed by atoms with E-state index in [4.69, 9.17) is 14.8 Å². The van der Waals surface area contributed by atoms with Crippen molar-refractivity contribution in [2.45, 2.75) is 83.2 Å². The normalized spacial score (nSPS) is 14.5. The minimum Gasteiger partial charge on any atom is -0.486 e. The van der Waals surface area contributed by atoms with Crippen LogP contribution in [0, 0.1) is 0 Å². The van der Waals surface area contributed by atoms with E-state index in [1.54, 1.807) is 24.3 Å². The molecule has 4 rings (SSSR count). The van der Waals surface area contributed by atoms with E-state index in [0.717, 1.165) is 42.5 Å². The number of ether oxygens (including phenoxy) is 1. The smallest absolute Gasteiger partial charge is 0.305 e. The number of aromatic nitrogens is 1. The van der Waals surface area contributed by atoms with Gasteiger partial charge in [-0.25, -0.2) is 0 Å². The molecule has 1 heterocycles. The Morgan fingerprint density at radius 1 is 0.974 bits per heavy atom. The predicted molar refractivity (Wildman–Crippen MR) is 154 cm³/mol. The molecular formula is C33H40N2O4. The Labute approximate surface area is 231 Å². The van der Waals surface area contributed by atoms with Gasteiger partial charge in [0.2, 0.25) is 0 Å². The summed E-state index contributed by atoms with van der Waals surface area (Å²) in [5.41, 5.74) is 5.03. The lowest BCUT2D eigenvalue weighted by Crippen LogP contribution is -2.25. The molecule has 0 radical (unpaired) electrons. The Balaban J connectivity index is 1.41. The fourth-order valence-corrected chi connectivity index (χ4v) is 5.24. The highest BCUT2D eigenvalue weighted by molar-refractivity contribution is 5.94. The summed E-state index contributed by atoms with van der Waals surface area (Å²) in [6, 6.07) is 20.1. The van der Waals surface area contributed by atoms with Crippen LogP contribution in [0.1, 0.15) is 105 Å². The number of amides is 1. The van der Waals surface area contributed by atoms with Gasteiger partial charge in [0.05, 0.1) is 12.1 Å². The number of carboxylic acid groups (broad SMARTS) is 1. The van der Waals surface area contributed by atoms with Crippen molar-refractivity contribution in [3.05, 3.63) is 83.6 Å². The molecule has 1 unspecified atom stereocenters. The van der Waals surface area contributed by atoms with Crippen molar-refractivity contribution in [2.75, 3.05) is 6.54 Å². The van der Waals surface area contributed by atoms with E-state index < -0.39 is 5.97 Å². The molecule has 0 aliphatic heterocycles. The van der Waals surface area contributed by atoms with Gasteiger partial charge in [-0.05, 0) is 67.5 Å². The first kappa shape index (κ1) is 28.3. The second-order valence-corrected chi connectivity index (χ2v) is 10.5. The number of rotatable bonds is 13. The number of nitrogens with one attached hydrogen (secondary N) is 1. The van der Waals surface area contributed by atoms with Crippen LogP contribution in [0.2, 0.25) is 0 Å². The lowest BCUT2D eigenvalue weighted by Gasteiger charge is -2.22. The van der Waals surface area contributed by atoms with Gasteiger partial charge in [-0.2, -0.15) is 0 Å². The van der Waals surface area contributed by atoms with E-state index >= 15 is 0 Å². The first-order valence-corrected chi connectivity index (χ1v) is 14.4. The molecule has 1 amide bonds. The van der Waals surface area contributed by atoms with Crippen molar-refractivity contribution in [1.29, 1.82) is 0 Å². The zero-order valence-electron chi connectivity index (χ0n) is 22.9. The maximum Gasteiger partial charge on any atom is 0.305 e. The molecule has 2 aromatic carbocycles. The van der Waals surface area contributed by atoms with E-state index in [-0.39, 0.29) is 25.0 Å². The monoisotopic (exact) mass is 528 g/mol. The molecule has 6 heteroatoms. The zero-order valence-corrected chi connectivity index (χ0v) is 22.9. The number of hydrogen-bond donors (Lipinski definition) is 2. The summed E-state index contributed by atoms with van der Waals surface area (Å²) < 4.78 is 6.37. The van der Waals surface area contributed by atoms with Crippen LogP contribution in [0.4, 0.5) is 0 Å². The average Bonchev–Trinajstić information content (AvgIpc) is 2.97. The molecule has 0 bridgehead atoms. The van der Waals surface area contributed by atoms with Crippen LogP contribution in [0.15, 0.2) is 66.9 Å². The second kappa shape index (κ2) is 14.5. The molecule has 3 aromatic rings. The number of benzene rings is 2. The third kappa shape index (κ3) is 8.41. The number of pyridine rings is 1. The van der Waals surface area contributed by atoms with E-state index in [0.29, 0.717) is 17.2 Å². The SMILES string of the molecule is CCCCCC(Oc1ccc(C(=O)NCCC(=O)O)cc1)c1ccc(-c2ccc(C3CCCCC3)cc2)nc1. The van der Waals surface area contributed by atoms with Crippen molar-refractivity contribution >= 4 is 11.9 Å². The molecule has 0 saturated heterocycles. The van der Waals surface area contributed by atoms with Crippen LogP contribution in [-0.4, -0.2) is 28.5 Å². The van der Waals surface area contributed by atoms with Gasteiger partial charge in [0.15, 0.2) is 0 Å². The van der Waals surface area contributed by atoms with Gasteiger partial charge in [-0.1, -0.05) is 69.4 Å². The largest absolute Gasteiger partial charge is 0.486 e. The highest BCUT2D eigenvalue weighted by atomic mass is 16.5. The number of hydrogen-bond acceptors (Lipinski definition) is 4. The van der Waals surface area contributed by atoms with Gasteiger partial charge >= 0.3 is 5.97 Å². The summed E-state index contributed by atoms with van der Waals surface area (Å²) in [5.74, 6) is 0.141. The fraction of sp³-hybridized carbons (Fsp3) is 0.424. The average molecular weight is 529 g/mol. The van der Waals surface area contributed by atoms with Crippen molar-refractivity contribution in [3.63, 3.8) is 0 Å². The molecule has 1 saturated carbocycles. The molecule has 1 aliphatic carbocycles. The Kier molecular flexibility index (Phi) is 10.5. The molecular weight excluding hydrogens is 488 g/mol. The Bertz CT molecular complexity index is 1180. The maximum atomic E-state index is 12.3. The minimum atomic E-state index is -0.941. The molecule has 1 atom stereocenters. The summed E-state index contributed by atoms with van der Waals surface area (Å²) in [6.07, 6.45) is 12.5. The van der Waals surface area contributed by atoms with E-state index in [2.05, 4.69) is 48.6 Å². The summed E-state index contributed by atoms with van der Waals surface area (Å²) >= 11 is 0. The van der Waals surface area contributed by atoms with Crippen molar-refractivity contribution in [2.24, 2.45) is 0 Å². The lowest BCUT2D eigenvalue weighted by molar-refractivity contribution is -0.136. The Hall–Kier alpha value is -3.67. The number of carboxylic acids is 1. The number of aliphatic carboxylic acids is 1. The topological polar surface area (TPSA) is 88.5 Å². The lowest BCUT2D eigenvalue weighted by atomic mass is 9.84. The van der Waals surface area contributed by atoms with E-state index in [1.807, 2.05) is 6.20 Å². The Morgan fingerprint density at radius 2 is 1.72 bits per heavy atom. The molecule has 6 nitrogen and oxygen atoms in total. The van der Waals surface area contributed by atoms with Gasteiger partial charge in [0.25, 0.3) is 5.91 Å². The zero-order chi connectivity index (χ0) is 27.5. The molecule has 1 aromatic heterocycles. The third-order valence-electron chi connectivity index (χ3n) is 7.53. The van der Waals surface area contributed by atoms with E-state index in [9.17, 15) is 9.59 Å². The third-order valence-corrected chi connectivity index (χ3v) is 7.53. The van der Waals surface area contributed by atoms with Gasteiger partial charge in [0.1, 0.15) is 11.9 Å². The maximum absolute atomic E-state index is 12.3. The summed E-state index contributed by atoms with van der Waals surface area (Å²) in [6.45, 7) is 2.28. The summed E-state index contributed by atoms with van der Waals surface area (Å²) in [7, 11) is 0. The van der Waals surface area contributed by atoms with Gasteiger partial charge in [-0.3, -0.25) is 14.6 Å². The van der Waals surface area contributed by atoms with Gasteiger partial charge < -0.3 is 15.2 Å². The standard InChI is InChI=1S/C33H40N2O4/c1-2-3-5-10-31(39-29-18-15-27(16-19-29)33(38)34-22-21-32(36)37)28-17-20-30(35-23-28)26-13-11-25(12-14-26)24-8-6-4-7-9-24/h11-20,23-24,31H,2-10,21-22H2,1H3,(H,34,38)(H,36,37). The fourth-order valence-electron chi connectivity index (χ4n) is 5.24. The van der Waals surface area contributed by atoms with Crippen LogP contribution in [-0.2, 0) is 4.79 Å². The number of carbonyl (C=O) groups excluding carboxylic acids is 1. The molecule has 206 valence electrons. The first-order valence-electron chi connectivity index (χ1n) is 14.4. The summed E-state index contributed by atoms with van der Waals surface area (Å²) in [4.78, 5) is 27.7. The Morgan fingerprint density at radius 3 is 2.36 bits per heavy atom. The van der Waals surface area contributed by atoms with Crippen molar-refractivity contribution in [1.82, 2.24) is 10.3 Å². The van der Waals surface area contributed by atoms with Crippen LogP contribution in [0.3, 0.4) is 0 Å². The van der Waals surface area contributed by atoms with Crippen molar-refractivity contribution in [3.8, 4) is 17.0 Å². The number of unbranched alkanes of at least 4 members (excludes halogenated alkanes) is 2. The highest BCUT2D eigenvalue weighted by Crippen LogP contribution is 2.34. The van der Waals surface area contributed by atoms with Crippen LogP contribution in [0.5, 0.6) is 5.75 Å². The molecule has 2 N–H and O–H groups in total. The second-order valence-electron chi connectivity index (χ2n) is 10.5. The highest BCUT2D eigenvalue weighted by Gasteiger charge is 2.17. The van der Waals surface area contributed by atoms with Crippen LogP contribution >= 0.6 is 0 Å². The minimum absolute atomic E-state index is 0.0968. The first-order chi connectivity index (χ1) is 19.0. The molecule has 39 heavy (non-hydrogen) atoms. The van der Waals surface area contributed by atoms with Gasteiger partial charge in [-0.15, -0.1) is 0 Å². The molecule has 0 spiro atoms. The predicted octanol–water partition coefficient (Wildman–Crippen LogP) is 7.70. The van der Waals surface area contributed by atoms with Crippen LogP contribution < -0.4 is 10.1 Å². The van der Waals surface area contributed by atoms with Crippen molar-refractivity contribution < 1.29 is 19.4 Å². The molecule has 1 aliphatic rings. The number of nitrogens with zero attached hydrogens (tertiary/aromatic N) is 1. The van der Waals surface area contributed by atoms with Gasteiger partial charge in [0, 0.05) is 29.4 Å². The molecule has 1 fully saturated rings. The quantitative estimate of drug-likeness (QED) is 0.222. The van der Waals surface area contributed by atoms with Crippen LogP contribution in [0.25, 0.3) is 11.3 Å².